The highest BCUT2D eigenvalue weighted by atomic mass is 35.5. The van der Waals surface area contributed by atoms with Gasteiger partial charge in [0, 0.05) is 37.7 Å². The second kappa shape index (κ2) is 12.0. The van der Waals surface area contributed by atoms with Gasteiger partial charge in [-0.15, -0.1) is 0 Å². The minimum absolute atomic E-state index is 0.0978. The molecule has 0 spiro atoms. The molecule has 0 aliphatic carbocycles. The number of aliphatic hydroxyl groups excluding tert-OH is 1. The van der Waals surface area contributed by atoms with Crippen LogP contribution in [0.25, 0.3) is 0 Å². The average molecular weight is 463 g/mol. The maximum Gasteiger partial charge on any atom is 0.262 e. The number of hydrogen-bond donors (Lipinski definition) is 2. The molecule has 1 amide bonds. The van der Waals surface area contributed by atoms with Gasteiger partial charge in [-0.1, -0.05) is 11.6 Å². The number of amides is 1. The first-order valence-electron chi connectivity index (χ1n) is 10.8. The summed E-state index contributed by atoms with van der Waals surface area (Å²) in [5, 5.41) is 13.5. The highest BCUT2D eigenvalue weighted by Crippen LogP contribution is 2.17. The predicted molar refractivity (Wildman–Crippen MR) is 126 cm³/mol. The van der Waals surface area contributed by atoms with Crippen LogP contribution in [0.2, 0.25) is 5.02 Å². The van der Waals surface area contributed by atoms with E-state index in [9.17, 15) is 9.90 Å². The molecule has 9 heteroatoms. The fourth-order valence-corrected chi connectivity index (χ4v) is 3.46. The van der Waals surface area contributed by atoms with Crippen LogP contribution in [0.1, 0.15) is 13.8 Å². The summed E-state index contributed by atoms with van der Waals surface area (Å²) in [5.74, 6) is 1.18. The monoisotopic (exact) mass is 462 g/mol. The molecule has 1 aliphatic heterocycles. The summed E-state index contributed by atoms with van der Waals surface area (Å²) in [6, 6.07) is 10.6. The van der Waals surface area contributed by atoms with Crippen LogP contribution in [-0.2, 0) is 9.53 Å². The number of hydrogen-bond acceptors (Lipinski definition) is 7. The zero-order chi connectivity index (χ0) is 22.9. The summed E-state index contributed by atoms with van der Waals surface area (Å²) in [5.41, 5.74) is 0.616. The van der Waals surface area contributed by atoms with Crippen LogP contribution in [0.3, 0.4) is 0 Å². The van der Waals surface area contributed by atoms with Crippen LogP contribution in [0, 0.1) is 0 Å². The Bertz CT molecular complexity index is 840. The molecule has 1 unspecified atom stereocenters. The number of nitrogens with one attached hydrogen (secondary N) is 1. The molecule has 2 heterocycles. The van der Waals surface area contributed by atoms with Crippen molar-refractivity contribution in [2.45, 2.75) is 26.1 Å². The lowest BCUT2D eigenvalue weighted by Gasteiger charge is -2.36. The van der Waals surface area contributed by atoms with Gasteiger partial charge < -0.3 is 24.8 Å². The van der Waals surface area contributed by atoms with E-state index in [0.717, 1.165) is 32.0 Å². The van der Waals surface area contributed by atoms with Gasteiger partial charge in [0.05, 0.1) is 30.7 Å². The van der Waals surface area contributed by atoms with E-state index < -0.39 is 6.10 Å². The molecule has 1 aromatic heterocycles. The molecule has 3 rings (SSSR count). The number of ether oxygens (including phenoxy) is 2. The van der Waals surface area contributed by atoms with Gasteiger partial charge in [0.2, 0.25) is 0 Å². The van der Waals surface area contributed by atoms with Crippen molar-refractivity contribution in [2.75, 3.05) is 56.2 Å². The Morgan fingerprint density at radius 3 is 2.50 bits per heavy atom. The molecule has 1 fully saturated rings. The number of aromatic nitrogens is 1. The standard InChI is InChI=1S/C23H31ClN4O4/c1-17(2)31-15-20(29)14-27-9-11-28(12-10-27)22-8-5-19(13-25-22)26-23(30)16-32-21-6-3-18(24)4-7-21/h3-8,13,17,20,29H,9-12,14-16H2,1-2H3,(H,26,30). The largest absolute Gasteiger partial charge is 0.484 e. The first-order chi connectivity index (χ1) is 15.4. The molecule has 1 saturated heterocycles. The van der Waals surface area contributed by atoms with Gasteiger partial charge in [-0.25, -0.2) is 4.98 Å². The summed E-state index contributed by atoms with van der Waals surface area (Å²) >= 11 is 5.84. The molecule has 2 aromatic rings. The smallest absolute Gasteiger partial charge is 0.262 e. The van der Waals surface area contributed by atoms with E-state index in [1.807, 2.05) is 26.0 Å². The Morgan fingerprint density at radius 2 is 1.88 bits per heavy atom. The minimum Gasteiger partial charge on any atom is -0.484 e. The molecular formula is C23H31ClN4O4. The first kappa shape index (κ1) is 24.3. The van der Waals surface area contributed by atoms with Crippen LogP contribution in [0.5, 0.6) is 5.75 Å². The third kappa shape index (κ3) is 7.94. The predicted octanol–water partition coefficient (Wildman–Crippen LogP) is 2.66. The van der Waals surface area contributed by atoms with Crippen molar-refractivity contribution in [1.82, 2.24) is 9.88 Å². The zero-order valence-corrected chi connectivity index (χ0v) is 19.3. The maximum absolute atomic E-state index is 12.1. The van der Waals surface area contributed by atoms with Crippen LogP contribution >= 0.6 is 11.6 Å². The van der Waals surface area contributed by atoms with E-state index >= 15 is 0 Å². The number of benzene rings is 1. The fraction of sp³-hybridized carbons (Fsp3) is 0.478. The van der Waals surface area contributed by atoms with Gasteiger partial charge in [-0.3, -0.25) is 9.69 Å². The van der Waals surface area contributed by atoms with Gasteiger partial charge in [0.1, 0.15) is 11.6 Å². The third-order valence-corrected chi connectivity index (χ3v) is 5.25. The number of pyridine rings is 1. The van der Waals surface area contributed by atoms with E-state index in [4.69, 9.17) is 21.1 Å². The zero-order valence-electron chi connectivity index (χ0n) is 18.5. The fourth-order valence-electron chi connectivity index (χ4n) is 3.34. The van der Waals surface area contributed by atoms with Gasteiger partial charge >= 0.3 is 0 Å². The minimum atomic E-state index is -0.478. The number of carbonyl (C=O) groups is 1. The number of aliphatic hydroxyl groups is 1. The number of piperazine rings is 1. The molecule has 8 nitrogen and oxygen atoms in total. The average Bonchev–Trinajstić information content (AvgIpc) is 2.78. The van der Waals surface area contributed by atoms with Crippen LogP contribution in [-0.4, -0.2) is 79.0 Å². The second-order valence-electron chi connectivity index (χ2n) is 8.02. The summed E-state index contributed by atoms with van der Waals surface area (Å²) in [6.07, 6.45) is 1.29. The van der Waals surface area contributed by atoms with E-state index in [0.29, 0.717) is 29.6 Å². The van der Waals surface area contributed by atoms with Crippen LogP contribution < -0.4 is 15.0 Å². The second-order valence-corrected chi connectivity index (χ2v) is 8.46. The molecule has 0 radical (unpaired) electrons. The van der Waals surface area contributed by atoms with Crippen molar-refractivity contribution in [2.24, 2.45) is 0 Å². The summed E-state index contributed by atoms with van der Waals surface area (Å²) < 4.78 is 10.9. The number of nitrogens with zero attached hydrogens (tertiary/aromatic N) is 3. The maximum atomic E-state index is 12.1. The molecular weight excluding hydrogens is 432 g/mol. The Morgan fingerprint density at radius 1 is 1.16 bits per heavy atom. The van der Waals surface area contributed by atoms with Crippen molar-refractivity contribution >= 4 is 29.0 Å². The number of rotatable bonds is 10. The van der Waals surface area contributed by atoms with Crippen molar-refractivity contribution < 1.29 is 19.4 Å². The van der Waals surface area contributed by atoms with Crippen LogP contribution in [0.4, 0.5) is 11.5 Å². The molecule has 1 aliphatic rings. The normalized spacial score (nSPS) is 15.6. The Kier molecular flexibility index (Phi) is 9.11. The molecule has 0 bridgehead atoms. The van der Waals surface area contributed by atoms with E-state index in [2.05, 4.69) is 20.1 Å². The van der Waals surface area contributed by atoms with Crippen molar-refractivity contribution in [3.05, 3.63) is 47.6 Å². The van der Waals surface area contributed by atoms with Crippen molar-refractivity contribution in [3.63, 3.8) is 0 Å². The topological polar surface area (TPSA) is 87.2 Å². The van der Waals surface area contributed by atoms with Gasteiger partial charge in [-0.05, 0) is 50.2 Å². The van der Waals surface area contributed by atoms with E-state index in [1.165, 1.54) is 0 Å². The highest BCUT2D eigenvalue weighted by molar-refractivity contribution is 6.30. The quantitative estimate of drug-likeness (QED) is 0.561. The molecule has 1 aromatic carbocycles. The van der Waals surface area contributed by atoms with E-state index in [1.54, 1.807) is 30.5 Å². The number of halogens is 1. The Balaban J connectivity index is 1.39. The lowest BCUT2D eigenvalue weighted by atomic mass is 10.2. The Labute approximate surface area is 194 Å². The van der Waals surface area contributed by atoms with Gasteiger partial charge in [0.25, 0.3) is 5.91 Å². The molecule has 1 atom stereocenters. The van der Waals surface area contributed by atoms with Gasteiger partial charge in [-0.2, -0.15) is 0 Å². The highest BCUT2D eigenvalue weighted by Gasteiger charge is 2.20. The summed E-state index contributed by atoms with van der Waals surface area (Å²) in [4.78, 5) is 21.0. The molecule has 2 N–H and O–H groups in total. The number of carbonyl (C=O) groups excluding carboxylic acids is 1. The number of anilines is 2. The summed E-state index contributed by atoms with van der Waals surface area (Å²) in [6.45, 7) is 8.14. The van der Waals surface area contributed by atoms with E-state index in [-0.39, 0.29) is 18.6 Å². The van der Waals surface area contributed by atoms with Crippen molar-refractivity contribution in [3.8, 4) is 5.75 Å². The summed E-state index contributed by atoms with van der Waals surface area (Å²) in [7, 11) is 0. The van der Waals surface area contributed by atoms with Crippen molar-refractivity contribution in [1.29, 1.82) is 0 Å². The Hall–Kier alpha value is -2.39. The first-order valence-corrected chi connectivity index (χ1v) is 11.2. The third-order valence-electron chi connectivity index (χ3n) is 5.00. The molecule has 32 heavy (non-hydrogen) atoms. The molecule has 174 valence electrons. The molecule has 0 saturated carbocycles. The van der Waals surface area contributed by atoms with Gasteiger partial charge in [0.15, 0.2) is 6.61 Å². The SMILES string of the molecule is CC(C)OCC(O)CN1CCN(c2ccc(NC(=O)COc3ccc(Cl)cc3)cn2)CC1. The lowest BCUT2D eigenvalue weighted by molar-refractivity contribution is -0.118. The number of β-amino-alcohol motifs (C(OH)–C–C–N with tert-alkyl or cyclic N) is 1. The van der Waals surface area contributed by atoms with Crippen LogP contribution in [0.15, 0.2) is 42.6 Å². The lowest BCUT2D eigenvalue weighted by Crippen LogP contribution is -2.49.